The van der Waals surface area contributed by atoms with Crippen molar-refractivity contribution in [3.05, 3.63) is 46.8 Å². The Morgan fingerprint density at radius 1 is 1.35 bits per heavy atom. The van der Waals surface area contributed by atoms with Gasteiger partial charge in [-0.25, -0.2) is 9.78 Å². The number of fused-ring (bicyclic) bond motifs is 1. The predicted octanol–water partition coefficient (Wildman–Crippen LogP) is 3.32. The Labute approximate surface area is 183 Å². The number of carbonyl (C=O) groups is 1. The first-order valence-electron chi connectivity index (χ1n) is 10.2. The third-order valence-corrected chi connectivity index (χ3v) is 6.22. The van der Waals surface area contributed by atoms with Crippen LogP contribution in [-0.4, -0.2) is 40.2 Å². The van der Waals surface area contributed by atoms with Gasteiger partial charge in [-0.3, -0.25) is 10.1 Å². The maximum Gasteiger partial charge on any atom is 0.422 e. The number of ether oxygens (including phenoxy) is 1. The van der Waals surface area contributed by atoms with Gasteiger partial charge in [0.1, 0.15) is 0 Å². The number of thiophene rings is 1. The summed E-state index contributed by atoms with van der Waals surface area (Å²) in [6.07, 6.45) is 4.38. The number of pyridine rings is 1. The van der Waals surface area contributed by atoms with Crippen molar-refractivity contribution < 1.29 is 9.53 Å². The number of carbonyl (C=O) groups excluding carboxylic acids is 1. The summed E-state index contributed by atoms with van der Waals surface area (Å²) < 4.78 is 7.57. The fraction of sp³-hybridized carbons (Fsp3) is 0.286. The van der Waals surface area contributed by atoms with Crippen molar-refractivity contribution in [1.29, 1.82) is 5.26 Å². The van der Waals surface area contributed by atoms with Crippen LogP contribution < -0.4 is 5.32 Å². The van der Waals surface area contributed by atoms with Gasteiger partial charge in [0.05, 0.1) is 23.8 Å². The van der Waals surface area contributed by atoms with E-state index >= 15 is 0 Å². The molecule has 3 aromatic heterocycles. The van der Waals surface area contributed by atoms with Gasteiger partial charge in [-0.15, -0.1) is 16.4 Å². The minimum absolute atomic E-state index is 0.00389. The van der Waals surface area contributed by atoms with Crippen LogP contribution in [0.15, 0.2) is 46.8 Å². The summed E-state index contributed by atoms with van der Waals surface area (Å²) in [5.74, 6) is 4.43. The summed E-state index contributed by atoms with van der Waals surface area (Å²) in [5, 5.41) is 16.2. The highest BCUT2D eigenvalue weighted by molar-refractivity contribution is 7.15. The minimum Gasteiger partial charge on any atom is -0.376 e. The van der Waals surface area contributed by atoms with Crippen LogP contribution in [0.1, 0.15) is 24.1 Å². The summed E-state index contributed by atoms with van der Waals surface area (Å²) in [5.41, 5.74) is 2.65. The summed E-state index contributed by atoms with van der Waals surface area (Å²) in [4.78, 5) is 22.7. The molecule has 0 aromatic carbocycles. The molecule has 3 aromatic rings. The Balaban J connectivity index is 1.23. The van der Waals surface area contributed by atoms with Crippen LogP contribution in [0.3, 0.4) is 0 Å². The van der Waals surface area contributed by atoms with Crippen LogP contribution in [0.25, 0.3) is 16.2 Å². The van der Waals surface area contributed by atoms with E-state index in [-0.39, 0.29) is 18.7 Å². The van der Waals surface area contributed by atoms with Crippen LogP contribution in [0.2, 0.25) is 0 Å². The SMILES string of the molecule is N#CB1C=C(CCOCc2ccc(-c3cccc4nc(NC(=O)C5CC5)nn34)s2)C=N1. The molecule has 1 saturated carbocycles. The second kappa shape index (κ2) is 8.45. The molecule has 1 aliphatic heterocycles. The Bertz CT molecular complexity index is 1240. The maximum absolute atomic E-state index is 12.0. The van der Waals surface area contributed by atoms with Crippen LogP contribution >= 0.6 is 11.3 Å². The highest BCUT2D eigenvalue weighted by Crippen LogP contribution is 2.31. The van der Waals surface area contributed by atoms with Crippen LogP contribution in [0, 0.1) is 17.1 Å². The molecular weight excluding hydrogens is 411 g/mol. The molecule has 31 heavy (non-hydrogen) atoms. The summed E-state index contributed by atoms with van der Waals surface area (Å²) >= 11 is 1.64. The zero-order chi connectivity index (χ0) is 21.2. The first-order valence-corrected chi connectivity index (χ1v) is 11.0. The average molecular weight is 430 g/mol. The normalized spacial score (nSPS) is 15.3. The maximum atomic E-state index is 12.0. The van der Waals surface area contributed by atoms with E-state index in [9.17, 15) is 4.79 Å². The number of nitriles is 1. The van der Waals surface area contributed by atoms with Gasteiger partial charge in [0.15, 0.2) is 5.65 Å². The van der Waals surface area contributed by atoms with E-state index in [1.807, 2.05) is 36.3 Å². The zero-order valence-electron chi connectivity index (χ0n) is 16.7. The van der Waals surface area contributed by atoms with Crippen molar-refractivity contribution in [1.82, 2.24) is 14.6 Å². The predicted molar refractivity (Wildman–Crippen MR) is 120 cm³/mol. The molecule has 1 fully saturated rings. The van der Waals surface area contributed by atoms with Crippen molar-refractivity contribution in [3.63, 3.8) is 0 Å². The van der Waals surface area contributed by atoms with E-state index in [0.717, 1.165) is 40.3 Å². The van der Waals surface area contributed by atoms with Gasteiger partial charge in [-0.2, -0.15) is 4.98 Å². The van der Waals surface area contributed by atoms with Gasteiger partial charge in [0.25, 0.3) is 0 Å². The van der Waals surface area contributed by atoms with Crippen LogP contribution in [0.4, 0.5) is 5.95 Å². The minimum atomic E-state index is -0.350. The standard InChI is InChI=1S/C21H19BN6O2S/c23-13-22-10-14(11-24-22)8-9-30-12-16-6-7-18(31-16)17-2-1-3-19-25-21(27-28(17)19)26-20(29)15-4-5-15/h1-3,6-7,10-11,15H,4-5,8-9,12H2,(H,26,27,29). The second-order valence-corrected chi connectivity index (χ2v) is 8.71. The van der Waals surface area contributed by atoms with E-state index in [4.69, 9.17) is 10.00 Å². The first kappa shape index (κ1) is 19.7. The zero-order valence-corrected chi connectivity index (χ0v) is 17.5. The molecule has 4 heterocycles. The lowest BCUT2D eigenvalue weighted by atomic mass is 9.66. The number of hydrogen-bond acceptors (Lipinski definition) is 7. The highest BCUT2D eigenvalue weighted by atomic mass is 32.1. The number of aromatic nitrogens is 3. The molecule has 5 rings (SSSR count). The van der Waals surface area contributed by atoms with Crippen LogP contribution in [0.5, 0.6) is 0 Å². The molecule has 154 valence electrons. The number of rotatable bonds is 8. The summed E-state index contributed by atoms with van der Waals surface area (Å²) in [7, 11) is 0. The molecule has 0 bridgehead atoms. The quantitative estimate of drug-likeness (QED) is 0.436. The van der Waals surface area contributed by atoms with Crippen LogP contribution in [-0.2, 0) is 16.1 Å². The second-order valence-electron chi connectivity index (χ2n) is 7.54. The Morgan fingerprint density at radius 3 is 3.06 bits per heavy atom. The van der Waals surface area contributed by atoms with Gasteiger partial charge in [-0.1, -0.05) is 12.0 Å². The highest BCUT2D eigenvalue weighted by Gasteiger charge is 2.30. The van der Waals surface area contributed by atoms with Crippen molar-refractivity contribution in [2.75, 3.05) is 11.9 Å². The summed E-state index contributed by atoms with van der Waals surface area (Å²) in [6, 6.07) is 9.90. The average Bonchev–Trinajstić information content (AvgIpc) is 3.17. The Hall–Kier alpha value is -3.29. The molecule has 0 radical (unpaired) electrons. The van der Waals surface area contributed by atoms with E-state index < -0.39 is 0 Å². The fourth-order valence-corrected chi connectivity index (χ4v) is 4.30. The lowest BCUT2D eigenvalue weighted by molar-refractivity contribution is -0.117. The van der Waals surface area contributed by atoms with Crippen molar-refractivity contribution in [2.24, 2.45) is 10.8 Å². The smallest absolute Gasteiger partial charge is 0.376 e. The number of nitrogens with one attached hydrogen (secondary N) is 1. The molecule has 1 aliphatic carbocycles. The van der Waals surface area contributed by atoms with Gasteiger partial charge in [0.2, 0.25) is 11.9 Å². The molecule has 0 atom stereocenters. The molecule has 1 amide bonds. The lowest BCUT2D eigenvalue weighted by Gasteiger charge is -2.02. The molecular formula is C21H19BN6O2S. The van der Waals surface area contributed by atoms with E-state index in [1.165, 1.54) is 0 Å². The fourth-order valence-electron chi connectivity index (χ4n) is 3.34. The number of hydrogen-bond donors (Lipinski definition) is 1. The largest absolute Gasteiger partial charge is 0.422 e. The number of nitrogens with zero attached hydrogens (tertiary/aromatic N) is 5. The van der Waals surface area contributed by atoms with Gasteiger partial charge >= 0.3 is 6.85 Å². The molecule has 0 saturated heterocycles. The van der Waals surface area contributed by atoms with Crippen molar-refractivity contribution >= 4 is 41.9 Å². The van der Waals surface area contributed by atoms with Crippen molar-refractivity contribution in [2.45, 2.75) is 25.9 Å². The van der Waals surface area contributed by atoms with E-state index in [0.29, 0.717) is 24.8 Å². The molecule has 2 aliphatic rings. The molecule has 0 unspecified atom stereocenters. The molecule has 8 nitrogen and oxygen atoms in total. The first-order chi connectivity index (χ1) is 15.2. The van der Waals surface area contributed by atoms with Gasteiger partial charge in [0, 0.05) is 23.0 Å². The van der Waals surface area contributed by atoms with Gasteiger partial charge in [-0.05, 0) is 49.1 Å². The lowest BCUT2D eigenvalue weighted by Crippen LogP contribution is -2.14. The Morgan fingerprint density at radius 2 is 2.26 bits per heavy atom. The van der Waals surface area contributed by atoms with E-state index in [2.05, 4.69) is 26.3 Å². The third kappa shape index (κ3) is 4.43. The monoisotopic (exact) mass is 430 g/mol. The topological polar surface area (TPSA) is 105 Å². The molecule has 0 spiro atoms. The number of anilines is 1. The molecule has 1 N–H and O–H groups in total. The third-order valence-electron chi connectivity index (χ3n) is 5.14. The Kier molecular flexibility index (Phi) is 5.36. The van der Waals surface area contributed by atoms with Gasteiger partial charge < -0.3 is 9.64 Å². The molecule has 10 heteroatoms. The number of amides is 1. The van der Waals surface area contributed by atoms with E-state index in [1.54, 1.807) is 22.1 Å². The summed E-state index contributed by atoms with van der Waals surface area (Å²) in [6.45, 7) is 0.746. The van der Waals surface area contributed by atoms with Crippen molar-refractivity contribution in [3.8, 4) is 16.5 Å².